The quantitative estimate of drug-likeness (QED) is 0.731. The first kappa shape index (κ1) is 15.7. The van der Waals surface area contributed by atoms with E-state index in [-0.39, 0.29) is 37.0 Å². The summed E-state index contributed by atoms with van der Waals surface area (Å²) >= 11 is 0. The summed E-state index contributed by atoms with van der Waals surface area (Å²) in [5, 5.41) is 2.65. The SMILES string of the molecule is CN(C)C(=O)CCNC(=O)c1ncccc1C#CCN. The lowest BCUT2D eigenvalue weighted by molar-refractivity contribution is -0.128. The third-order valence-corrected chi connectivity index (χ3v) is 2.47. The van der Waals surface area contributed by atoms with Crippen LogP contribution in [0.3, 0.4) is 0 Å². The maximum absolute atomic E-state index is 12.0. The van der Waals surface area contributed by atoms with E-state index in [1.807, 2.05) is 0 Å². The van der Waals surface area contributed by atoms with Crippen LogP contribution in [0.1, 0.15) is 22.5 Å². The Hall–Kier alpha value is -2.39. The molecule has 0 bridgehead atoms. The predicted molar refractivity (Wildman–Crippen MR) is 75.8 cm³/mol. The number of hydrogen-bond donors (Lipinski definition) is 2. The Morgan fingerprint density at radius 1 is 1.45 bits per heavy atom. The largest absolute Gasteiger partial charge is 0.350 e. The first-order chi connectivity index (χ1) is 9.56. The van der Waals surface area contributed by atoms with Crippen LogP contribution in [0.25, 0.3) is 0 Å². The monoisotopic (exact) mass is 274 g/mol. The van der Waals surface area contributed by atoms with Crippen LogP contribution in [-0.2, 0) is 4.79 Å². The lowest BCUT2D eigenvalue weighted by Gasteiger charge is -2.10. The summed E-state index contributed by atoms with van der Waals surface area (Å²) < 4.78 is 0. The Morgan fingerprint density at radius 2 is 2.20 bits per heavy atom. The number of rotatable bonds is 4. The molecule has 6 heteroatoms. The molecule has 1 heterocycles. The molecule has 0 saturated carbocycles. The smallest absolute Gasteiger partial charge is 0.271 e. The maximum atomic E-state index is 12.0. The zero-order valence-electron chi connectivity index (χ0n) is 11.6. The molecule has 1 aromatic heterocycles. The van der Waals surface area contributed by atoms with Gasteiger partial charge in [0, 0.05) is 33.3 Å². The second kappa shape index (κ2) is 7.92. The number of hydrogen-bond acceptors (Lipinski definition) is 4. The van der Waals surface area contributed by atoms with Gasteiger partial charge < -0.3 is 16.0 Å². The average molecular weight is 274 g/mol. The number of nitrogens with one attached hydrogen (secondary N) is 1. The highest BCUT2D eigenvalue weighted by atomic mass is 16.2. The molecule has 0 fully saturated rings. The van der Waals surface area contributed by atoms with Crippen LogP contribution in [-0.4, -0.2) is 48.9 Å². The molecule has 0 aliphatic rings. The van der Waals surface area contributed by atoms with Gasteiger partial charge in [0.05, 0.1) is 12.1 Å². The van der Waals surface area contributed by atoms with Gasteiger partial charge in [-0.25, -0.2) is 4.98 Å². The molecule has 3 N–H and O–H groups in total. The van der Waals surface area contributed by atoms with E-state index in [0.717, 1.165) is 0 Å². The van der Waals surface area contributed by atoms with Crippen LogP contribution in [0, 0.1) is 11.8 Å². The van der Waals surface area contributed by atoms with E-state index in [1.54, 1.807) is 26.2 Å². The van der Waals surface area contributed by atoms with Gasteiger partial charge in [-0.3, -0.25) is 9.59 Å². The lowest BCUT2D eigenvalue weighted by Crippen LogP contribution is -2.31. The Labute approximate surface area is 118 Å². The van der Waals surface area contributed by atoms with Crippen LogP contribution in [0.15, 0.2) is 18.3 Å². The molecule has 0 aliphatic heterocycles. The van der Waals surface area contributed by atoms with Crippen molar-refractivity contribution in [2.45, 2.75) is 6.42 Å². The van der Waals surface area contributed by atoms with Crippen molar-refractivity contribution in [3.8, 4) is 11.8 Å². The molecule has 0 atom stereocenters. The van der Waals surface area contributed by atoms with Crippen molar-refractivity contribution in [2.24, 2.45) is 5.73 Å². The third-order valence-electron chi connectivity index (χ3n) is 2.47. The van der Waals surface area contributed by atoms with Crippen molar-refractivity contribution in [3.05, 3.63) is 29.6 Å². The van der Waals surface area contributed by atoms with Gasteiger partial charge in [0.1, 0.15) is 5.69 Å². The van der Waals surface area contributed by atoms with Crippen LogP contribution in [0.5, 0.6) is 0 Å². The molecule has 1 rings (SSSR count). The molecule has 0 saturated heterocycles. The molecular weight excluding hydrogens is 256 g/mol. The molecule has 0 unspecified atom stereocenters. The highest BCUT2D eigenvalue weighted by Crippen LogP contribution is 2.03. The van der Waals surface area contributed by atoms with Crippen LogP contribution in [0.4, 0.5) is 0 Å². The summed E-state index contributed by atoms with van der Waals surface area (Å²) in [4.78, 5) is 28.9. The van der Waals surface area contributed by atoms with Gasteiger partial charge in [-0.05, 0) is 12.1 Å². The standard InChI is InChI=1S/C14H18N4O2/c1-18(2)12(19)7-10-17-14(20)13-11(5-3-8-15)6-4-9-16-13/h4,6,9H,7-8,10,15H2,1-2H3,(H,17,20). The first-order valence-corrected chi connectivity index (χ1v) is 6.18. The normalized spacial score (nSPS) is 9.35. The summed E-state index contributed by atoms with van der Waals surface area (Å²) in [6.45, 7) is 0.476. The predicted octanol–water partition coefficient (Wildman–Crippen LogP) is -0.400. The summed E-state index contributed by atoms with van der Waals surface area (Å²) in [5.74, 6) is 5.09. The lowest BCUT2D eigenvalue weighted by atomic mass is 10.2. The molecule has 0 aliphatic carbocycles. The highest BCUT2D eigenvalue weighted by Gasteiger charge is 2.12. The Bertz CT molecular complexity index is 544. The fraction of sp³-hybridized carbons (Fsp3) is 0.357. The van der Waals surface area contributed by atoms with Gasteiger partial charge >= 0.3 is 0 Å². The zero-order valence-corrected chi connectivity index (χ0v) is 11.6. The van der Waals surface area contributed by atoms with Crippen LogP contribution in [0.2, 0.25) is 0 Å². The molecule has 1 aromatic rings. The van der Waals surface area contributed by atoms with Gasteiger partial charge in [-0.15, -0.1) is 0 Å². The second-order valence-corrected chi connectivity index (χ2v) is 4.20. The zero-order chi connectivity index (χ0) is 15.0. The number of pyridine rings is 1. The van der Waals surface area contributed by atoms with Gasteiger partial charge in [-0.2, -0.15) is 0 Å². The van der Waals surface area contributed by atoms with E-state index in [2.05, 4.69) is 22.1 Å². The Morgan fingerprint density at radius 3 is 2.85 bits per heavy atom. The fourth-order valence-corrected chi connectivity index (χ4v) is 1.42. The third kappa shape index (κ3) is 4.71. The van der Waals surface area contributed by atoms with Crippen LogP contribution < -0.4 is 11.1 Å². The van der Waals surface area contributed by atoms with Gasteiger partial charge in [0.25, 0.3) is 5.91 Å². The van der Waals surface area contributed by atoms with E-state index in [1.165, 1.54) is 11.1 Å². The minimum Gasteiger partial charge on any atom is -0.350 e. The molecule has 2 amide bonds. The Balaban J connectivity index is 2.66. The molecular formula is C14H18N4O2. The maximum Gasteiger partial charge on any atom is 0.271 e. The fourth-order valence-electron chi connectivity index (χ4n) is 1.42. The van der Waals surface area contributed by atoms with Gasteiger partial charge in [-0.1, -0.05) is 11.8 Å². The number of carbonyl (C=O) groups is 2. The summed E-state index contributed by atoms with van der Waals surface area (Å²) in [7, 11) is 3.34. The summed E-state index contributed by atoms with van der Waals surface area (Å²) in [6.07, 6.45) is 1.77. The van der Waals surface area contributed by atoms with Crippen molar-refractivity contribution in [2.75, 3.05) is 27.2 Å². The van der Waals surface area contributed by atoms with Crippen molar-refractivity contribution in [1.82, 2.24) is 15.2 Å². The van der Waals surface area contributed by atoms with Crippen molar-refractivity contribution < 1.29 is 9.59 Å². The topological polar surface area (TPSA) is 88.3 Å². The van der Waals surface area contributed by atoms with E-state index in [9.17, 15) is 9.59 Å². The molecule has 0 aromatic carbocycles. The van der Waals surface area contributed by atoms with Crippen molar-refractivity contribution in [3.63, 3.8) is 0 Å². The summed E-state index contributed by atoms with van der Waals surface area (Å²) in [5.41, 5.74) is 6.07. The first-order valence-electron chi connectivity index (χ1n) is 6.18. The van der Waals surface area contributed by atoms with E-state index in [4.69, 9.17) is 5.73 Å². The number of nitrogens with zero attached hydrogens (tertiary/aromatic N) is 2. The Kier molecular flexibility index (Phi) is 6.20. The number of amides is 2. The van der Waals surface area contributed by atoms with Gasteiger partial charge in [0.15, 0.2) is 0 Å². The second-order valence-electron chi connectivity index (χ2n) is 4.20. The minimum atomic E-state index is -0.349. The highest BCUT2D eigenvalue weighted by molar-refractivity contribution is 5.94. The van der Waals surface area contributed by atoms with Crippen LogP contribution >= 0.6 is 0 Å². The number of aromatic nitrogens is 1. The minimum absolute atomic E-state index is 0.0468. The molecule has 106 valence electrons. The van der Waals surface area contributed by atoms with E-state index in [0.29, 0.717) is 5.56 Å². The number of carbonyl (C=O) groups excluding carboxylic acids is 2. The molecule has 20 heavy (non-hydrogen) atoms. The van der Waals surface area contributed by atoms with Crippen molar-refractivity contribution in [1.29, 1.82) is 0 Å². The summed E-state index contributed by atoms with van der Waals surface area (Å²) in [6, 6.07) is 3.41. The van der Waals surface area contributed by atoms with E-state index < -0.39 is 0 Å². The molecule has 0 spiro atoms. The van der Waals surface area contributed by atoms with Crippen molar-refractivity contribution >= 4 is 11.8 Å². The molecule has 6 nitrogen and oxygen atoms in total. The molecule has 0 radical (unpaired) electrons. The average Bonchev–Trinajstić information content (AvgIpc) is 2.45. The number of nitrogens with two attached hydrogens (primary N) is 1. The van der Waals surface area contributed by atoms with Gasteiger partial charge in [0.2, 0.25) is 5.91 Å². The van der Waals surface area contributed by atoms with E-state index >= 15 is 0 Å².